The third kappa shape index (κ3) is 66.7. The molecule has 0 aromatic carbocycles. The Morgan fingerprint density at radius 2 is 0.457 bits per heavy atom. The van der Waals surface area contributed by atoms with Crippen LogP contribution in [0.1, 0.15) is 364 Å². The lowest BCUT2D eigenvalue weighted by molar-refractivity contribution is -0.161. The Bertz CT molecular complexity index is 1820. The molecular formula is C73H142O17P2. The van der Waals surface area contributed by atoms with Crippen molar-refractivity contribution >= 4 is 39.5 Å². The third-order valence-corrected chi connectivity index (χ3v) is 18.7. The molecule has 0 heterocycles. The number of rotatable bonds is 70. The highest BCUT2D eigenvalue weighted by Crippen LogP contribution is 2.45. The summed E-state index contributed by atoms with van der Waals surface area (Å²) in [5.41, 5.74) is 0. The fourth-order valence-electron chi connectivity index (χ4n) is 11.0. The summed E-state index contributed by atoms with van der Waals surface area (Å²) < 4.78 is 68.3. The SMILES string of the molecule is CC(C)CCCCCCCCCCCCCCCCCC(=O)O[C@H](COC(=O)CCCCCCCCC(C)C)COP(=O)(O)OCC(O)COP(=O)(O)OC[C@@H](COC(=O)CCCCCCCCCCCCCCC(C)C)OC(=O)CCCCCCCCCC(C)C. The molecule has 92 heavy (non-hydrogen) atoms. The van der Waals surface area contributed by atoms with E-state index in [1.807, 2.05) is 0 Å². The molecule has 546 valence electrons. The van der Waals surface area contributed by atoms with Crippen LogP contribution in [0.15, 0.2) is 0 Å². The van der Waals surface area contributed by atoms with Crippen LogP contribution in [0, 0.1) is 23.7 Å². The maximum atomic E-state index is 13.0. The lowest BCUT2D eigenvalue weighted by atomic mass is 10.0. The van der Waals surface area contributed by atoms with Crippen molar-refractivity contribution in [2.75, 3.05) is 39.6 Å². The number of unbranched alkanes of at least 4 members (excludes halogenated alkanes) is 36. The number of hydrogen-bond acceptors (Lipinski definition) is 15. The van der Waals surface area contributed by atoms with E-state index in [0.29, 0.717) is 37.5 Å². The number of carbonyl (C=O) groups is 4. The van der Waals surface area contributed by atoms with E-state index in [-0.39, 0.29) is 25.7 Å². The van der Waals surface area contributed by atoms with E-state index in [4.69, 9.17) is 37.0 Å². The Balaban J connectivity index is 5.18. The molecule has 0 saturated heterocycles. The summed E-state index contributed by atoms with van der Waals surface area (Å²) in [4.78, 5) is 72.6. The summed E-state index contributed by atoms with van der Waals surface area (Å²) in [6.07, 6.45) is 46.1. The number of ether oxygens (including phenoxy) is 4. The van der Waals surface area contributed by atoms with Crippen LogP contribution in [0.25, 0.3) is 0 Å². The minimum Gasteiger partial charge on any atom is -0.462 e. The first-order chi connectivity index (χ1) is 44.1. The Kier molecular flexibility index (Phi) is 61.3. The van der Waals surface area contributed by atoms with Crippen molar-refractivity contribution in [1.82, 2.24) is 0 Å². The number of phosphoric ester groups is 2. The summed E-state index contributed by atoms with van der Waals surface area (Å²) in [5.74, 6) is 0.831. The molecule has 0 fully saturated rings. The molecule has 3 N–H and O–H groups in total. The lowest BCUT2D eigenvalue weighted by Gasteiger charge is -2.21. The van der Waals surface area contributed by atoms with E-state index in [0.717, 1.165) is 108 Å². The second kappa shape index (κ2) is 62.6. The van der Waals surface area contributed by atoms with Crippen LogP contribution >= 0.6 is 15.6 Å². The average molecular weight is 1350 g/mol. The molecule has 0 spiro atoms. The lowest BCUT2D eigenvalue weighted by Crippen LogP contribution is -2.30. The van der Waals surface area contributed by atoms with E-state index >= 15 is 0 Å². The second-order valence-corrected chi connectivity index (χ2v) is 31.1. The van der Waals surface area contributed by atoms with Gasteiger partial charge in [0.15, 0.2) is 12.2 Å². The molecule has 3 unspecified atom stereocenters. The van der Waals surface area contributed by atoms with Gasteiger partial charge in [-0.15, -0.1) is 0 Å². The zero-order valence-electron chi connectivity index (χ0n) is 60.2. The van der Waals surface area contributed by atoms with Crippen LogP contribution in [0.3, 0.4) is 0 Å². The highest BCUT2D eigenvalue weighted by Gasteiger charge is 2.30. The number of hydrogen-bond donors (Lipinski definition) is 3. The van der Waals surface area contributed by atoms with Gasteiger partial charge in [0.2, 0.25) is 0 Å². The summed E-state index contributed by atoms with van der Waals surface area (Å²) in [6, 6.07) is 0. The molecule has 0 aromatic rings. The monoisotopic (exact) mass is 1350 g/mol. The summed E-state index contributed by atoms with van der Waals surface area (Å²) >= 11 is 0. The molecule has 19 heteroatoms. The molecule has 0 aliphatic rings. The van der Waals surface area contributed by atoms with E-state index in [1.165, 1.54) is 161 Å². The quantitative estimate of drug-likeness (QED) is 0.0222. The van der Waals surface area contributed by atoms with Gasteiger partial charge < -0.3 is 33.8 Å². The van der Waals surface area contributed by atoms with Crippen LogP contribution in [-0.4, -0.2) is 96.7 Å². The molecule has 0 aliphatic heterocycles. The predicted molar refractivity (Wildman–Crippen MR) is 372 cm³/mol. The van der Waals surface area contributed by atoms with Gasteiger partial charge in [-0.25, -0.2) is 9.13 Å². The summed E-state index contributed by atoms with van der Waals surface area (Å²) in [7, 11) is -9.91. The van der Waals surface area contributed by atoms with Crippen LogP contribution in [0.2, 0.25) is 0 Å². The number of phosphoric acid groups is 2. The molecule has 5 atom stereocenters. The minimum absolute atomic E-state index is 0.103. The Labute approximate surface area is 562 Å². The largest absolute Gasteiger partial charge is 0.472 e. The van der Waals surface area contributed by atoms with Gasteiger partial charge in [0.05, 0.1) is 26.4 Å². The molecule has 0 aliphatic carbocycles. The fourth-order valence-corrected chi connectivity index (χ4v) is 12.6. The zero-order chi connectivity index (χ0) is 68.2. The minimum atomic E-state index is -4.95. The van der Waals surface area contributed by atoms with Gasteiger partial charge in [0.1, 0.15) is 19.3 Å². The highest BCUT2D eigenvalue weighted by molar-refractivity contribution is 7.47. The topological polar surface area (TPSA) is 237 Å². The normalized spacial score (nSPS) is 14.2. The maximum absolute atomic E-state index is 13.0. The first kappa shape index (κ1) is 90.1. The van der Waals surface area contributed by atoms with Gasteiger partial charge >= 0.3 is 39.5 Å². The van der Waals surface area contributed by atoms with Crippen LogP contribution in [0.5, 0.6) is 0 Å². The molecule has 0 radical (unpaired) electrons. The van der Waals surface area contributed by atoms with Crippen molar-refractivity contribution in [3.8, 4) is 0 Å². The molecule has 17 nitrogen and oxygen atoms in total. The van der Waals surface area contributed by atoms with E-state index in [1.54, 1.807) is 0 Å². The zero-order valence-corrected chi connectivity index (χ0v) is 62.0. The number of esters is 4. The highest BCUT2D eigenvalue weighted by atomic mass is 31.2. The van der Waals surface area contributed by atoms with Crippen LogP contribution in [-0.2, 0) is 65.4 Å². The fraction of sp³-hybridized carbons (Fsp3) is 0.945. The first-order valence-electron chi connectivity index (χ1n) is 37.7. The van der Waals surface area contributed by atoms with Gasteiger partial charge in [-0.05, 0) is 49.4 Å². The molecule has 0 aromatic heterocycles. The Hall–Kier alpha value is -1.94. The Morgan fingerprint density at radius 1 is 0.272 bits per heavy atom. The third-order valence-electron chi connectivity index (χ3n) is 16.8. The van der Waals surface area contributed by atoms with Crippen molar-refractivity contribution in [2.24, 2.45) is 23.7 Å². The van der Waals surface area contributed by atoms with Crippen molar-refractivity contribution in [2.45, 2.75) is 382 Å². The van der Waals surface area contributed by atoms with Crippen molar-refractivity contribution < 1.29 is 80.2 Å². The van der Waals surface area contributed by atoms with E-state index in [9.17, 15) is 43.2 Å². The van der Waals surface area contributed by atoms with Gasteiger partial charge in [-0.1, -0.05) is 312 Å². The van der Waals surface area contributed by atoms with Crippen molar-refractivity contribution in [3.05, 3.63) is 0 Å². The molecule has 0 rings (SSSR count). The predicted octanol–water partition coefficient (Wildman–Crippen LogP) is 20.9. The van der Waals surface area contributed by atoms with E-state index < -0.39 is 97.5 Å². The molecule has 0 amide bonds. The maximum Gasteiger partial charge on any atom is 0.472 e. The van der Waals surface area contributed by atoms with Gasteiger partial charge in [-0.3, -0.25) is 37.3 Å². The summed E-state index contributed by atoms with van der Waals surface area (Å²) in [6.45, 7) is 14.1. The second-order valence-electron chi connectivity index (χ2n) is 28.2. The van der Waals surface area contributed by atoms with Gasteiger partial charge in [-0.2, -0.15) is 0 Å². The van der Waals surface area contributed by atoms with E-state index in [2.05, 4.69) is 55.4 Å². The van der Waals surface area contributed by atoms with Gasteiger partial charge in [0, 0.05) is 25.7 Å². The average Bonchev–Trinajstić information content (AvgIpc) is 2.03. The number of aliphatic hydroxyl groups excluding tert-OH is 1. The Morgan fingerprint density at radius 3 is 0.674 bits per heavy atom. The van der Waals surface area contributed by atoms with Crippen LogP contribution < -0.4 is 0 Å². The number of carbonyl (C=O) groups excluding carboxylic acids is 4. The number of aliphatic hydroxyl groups is 1. The molecule has 0 bridgehead atoms. The first-order valence-corrected chi connectivity index (χ1v) is 40.7. The van der Waals surface area contributed by atoms with Crippen molar-refractivity contribution in [3.63, 3.8) is 0 Å². The van der Waals surface area contributed by atoms with Crippen molar-refractivity contribution in [1.29, 1.82) is 0 Å². The van der Waals surface area contributed by atoms with Crippen LogP contribution in [0.4, 0.5) is 0 Å². The standard InChI is InChI=1S/C73H142O17P2/c1-63(2)49-41-33-25-20-16-12-10-9-11-13-19-23-29-39-47-55-72(77)89-69(60-84-71(76)54-46-38-32-31-36-44-52-66(7)8)62-88-92(81,82)86-58-67(74)57-85-91(79,80)87-61-68(90-73(78)56-48-40-30-24-27-35-43-51-65(5)6)59-83-70(75)53-45-37-28-22-18-15-14-17-21-26-34-42-50-64(3)4/h63-69,74H,9-62H2,1-8H3,(H,79,80)(H,81,82)/t67?,68-,69-/m1/s1. The molecule has 0 saturated carbocycles. The summed E-state index contributed by atoms with van der Waals surface area (Å²) in [5, 5.41) is 10.6. The smallest absolute Gasteiger partial charge is 0.462 e. The van der Waals surface area contributed by atoms with Gasteiger partial charge in [0.25, 0.3) is 0 Å². The molecular weight excluding hydrogens is 1210 g/mol.